The number of aliphatic hydroxyl groups is 2. The molecule has 0 atom stereocenters. The van der Waals surface area contributed by atoms with Crippen molar-refractivity contribution >= 4 is 0 Å². The SMILES string of the molecule is Cc1ccccc1CN(CCCCCCO)CCN(CO)Cc1ccccc1O. The summed E-state index contributed by atoms with van der Waals surface area (Å²) < 4.78 is 0. The summed E-state index contributed by atoms with van der Waals surface area (Å²) in [6, 6.07) is 15.8. The number of aryl methyl sites for hydroxylation is 1. The summed E-state index contributed by atoms with van der Waals surface area (Å²) in [6.07, 6.45) is 4.15. The largest absolute Gasteiger partial charge is 0.508 e. The van der Waals surface area contributed by atoms with Crippen molar-refractivity contribution in [1.82, 2.24) is 9.80 Å². The standard InChI is InChI=1S/C24H36N2O3/c1-21-10-4-5-11-22(21)18-25(14-8-2-3-9-17-27)15-16-26(20-28)19-23-12-6-7-13-24(23)29/h4-7,10-13,27-29H,2-3,8-9,14-20H2,1H3. The van der Waals surface area contributed by atoms with Gasteiger partial charge in [0.1, 0.15) is 5.75 Å². The first-order valence-corrected chi connectivity index (χ1v) is 10.6. The van der Waals surface area contributed by atoms with Crippen LogP contribution >= 0.6 is 0 Å². The number of hydrogen-bond acceptors (Lipinski definition) is 5. The molecule has 0 aliphatic carbocycles. The summed E-state index contributed by atoms with van der Waals surface area (Å²) in [7, 11) is 0. The maximum absolute atomic E-state index is 10.0. The van der Waals surface area contributed by atoms with Gasteiger partial charge in [-0.1, -0.05) is 55.3 Å². The zero-order valence-corrected chi connectivity index (χ0v) is 17.6. The van der Waals surface area contributed by atoms with Crippen molar-refractivity contribution in [3.63, 3.8) is 0 Å². The van der Waals surface area contributed by atoms with Gasteiger partial charge in [0.25, 0.3) is 0 Å². The number of phenols is 1. The fourth-order valence-electron chi connectivity index (χ4n) is 3.47. The van der Waals surface area contributed by atoms with Crippen LogP contribution in [-0.4, -0.2) is 58.1 Å². The molecule has 0 bridgehead atoms. The van der Waals surface area contributed by atoms with Gasteiger partial charge in [-0.2, -0.15) is 0 Å². The van der Waals surface area contributed by atoms with Gasteiger partial charge in [0.05, 0.1) is 6.73 Å². The third-order valence-electron chi connectivity index (χ3n) is 5.36. The Morgan fingerprint density at radius 2 is 1.31 bits per heavy atom. The minimum absolute atomic E-state index is 0.0387. The predicted molar refractivity (Wildman–Crippen MR) is 118 cm³/mol. The van der Waals surface area contributed by atoms with Crippen LogP contribution in [0.3, 0.4) is 0 Å². The highest BCUT2D eigenvalue weighted by Gasteiger charge is 2.12. The lowest BCUT2D eigenvalue weighted by molar-refractivity contribution is 0.0854. The average molecular weight is 401 g/mol. The Kier molecular flexibility index (Phi) is 10.7. The van der Waals surface area contributed by atoms with Crippen molar-refractivity contribution in [2.75, 3.05) is 33.0 Å². The Morgan fingerprint density at radius 3 is 2.00 bits per heavy atom. The number of phenolic OH excluding ortho intramolecular Hbond substituents is 1. The van der Waals surface area contributed by atoms with Gasteiger partial charge in [0.15, 0.2) is 0 Å². The summed E-state index contributed by atoms with van der Waals surface area (Å²) >= 11 is 0. The molecule has 29 heavy (non-hydrogen) atoms. The lowest BCUT2D eigenvalue weighted by Gasteiger charge is -2.27. The van der Waals surface area contributed by atoms with Crippen LogP contribution in [0.25, 0.3) is 0 Å². The van der Waals surface area contributed by atoms with Crippen molar-refractivity contribution in [3.8, 4) is 5.75 Å². The first-order valence-electron chi connectivity index (χ1n) is 10.6. The molecular weight excluding hydrogens is 364 g/mol. The maximum Gasteiger partial charge on any atom is 0.120 e. The molecule has 0 spiro atoms. The number of unbranched alkanes of at least 4 members (excludes halogenated alkanes) is 3. The van der Waals surface area contributed by atoms with Crippen LogP contribution in [0.2, 0.25) is 0 Å². The highest BCUT2D eigenvalue weighted by Crippen LogP contribution is 2.18. The molecule has 0 aliphatic rings. The minimum atomic E-state index is -0.0387. The number of aromatic hydroxyl groups is 1. The number of aliphatic hydroxyl groups excluding tert-OH is 2. The van der Waals surface area contributed by atoms with E-state index in [4.69, 9.17) is 5.11 Å². The van der Waals surface area contributed by atoms with E-state index in [1.54, 1.807) is 6.07 Å². The monoisotopic (exact) mass is 400 g/mol. The minimum Gasteiger partial charge on any atom is -0.508 e. The normalized spacial score (nSPS) is 11.5. The summed E-state index contributed by atoms with van der Waals surface area (Å²) in [4.78, 5) is 4.39. The molecule has 0 radical (unpaired) electrons. The quantitative estimate of drug-likeness (QED) is 0.334. The first-order chi connectivity index (χ1) is 14.1. The second-order valence-corrected chi connectivity index (χ2v) is 7.66. The molecule has 3 N–H and O–H groups in total. The molecular formula is C24H36N2O3. The Balaban J connectivity index is 1.93. The van der Waals surface area contributed by atoms with Crippen LogP contribution in [0.1, 0.15) is 42.4 Å². The highest BCUT2D eigenvalue weighted by atomic mass is 16.3. The second-order valence-electron chi connectivity index (χ2n) is 7.66. The van der Waals surface area contributed by atoms with Crippen molar-refractivity contribution in [2.24, 2.45) is 0 Å². The van der Waals surface area contributed by atoms with Crippen molar-refractivity contribution < 1.29 is 15.3 Å². The highest BCUT2D eigenvalue weighted by molar-refractivity contribution is 5.31. The van der Waals surface area contributed by atoms with Crippen LogP contribution in [0.15, 0.2) is 48.5 Å². The summed E-state index contributed by atoms with van der Waals surface area (Å²) in [6.45, 7) is 6.37. The van der Waals surface area contributed by atoms with Crippen LogP contribution in [0.5, 0.6) is 5.75 Å². The van der Waals surface area contributed by atoms with E-state index in [-0.39, 0.29) is 19.1 Å². The molecule has 5 heteroatoms. The smallest absolute Gasteiger partial charge is 0.120 e. The van der Waals surface area contributed by atoms with Gasteiger partial charge in [0.2, 0.25) is 0 Å². The summed E-state index contributed by atoms with van der Waals surface area (Å²) in [5.41, 5.74) is 3.46. The zero-order valence-electron chi connectivity index (χ0n) is 17.6. The van der Waals surface area contributed by atoms with Gasteiger partial charge in [-0.05, 0) is 43.5 Å². The number of benzene rings is 2. The Morgan fingerprint density at radius 1 is 0.690 bits per heavy atom. The molecule has 2 aromatic carbocycles. The number of nitrogens with zero attached hydrogens (tertiary/aromatic N) is 2. The number of hydrogen-bond donors (Lipinski definition) is 3. The van der Waals surface area contributed by atoms with E-state index in [1.807, 2.05) is 23.1 Å². The Hall–Kier alpha value is -1.92. The Labute approximate surface area is 175 Å². The van der Waals surface area contributed by atoms with Gasteiger partial charge in [-0.3, -0.25) is 9.80 Å². The fourth-order valence-corrected chi connectivity index (χ4v) is 3.47. The van der Waals surface area contributed by atoms with Gasteiger partial charge in [-0.25, -0.2) is 0 Å². The molecule has 2 aromatic rings. The van der Waals surface area contributed by atoms with Crippen LogP contribution in [-0.2, 0) is 13.1 Å². The fraction of sp³-hybridized carbons (Fsp3) is 0.500. The molecule has 0 unspecified atom stereocenters. The molecule has 0 fully saturated rings. The van der Waals surface area contributed by atoms with Gasteiger partial charge < -0.3 is 15.3 Å². The number of para-hydroxylation sites is 1. The summed E-state index contributed by atoms with van der Waals surface area (Å²) in [5.74, 6) is 0.270. The number of rotatable bonds is 14. The van der Waals surface area contributed by atoms with Crippen molar-refractivity contribution in [1.29, 1.82) is 0 Å². The van der Waals surface area contributed by atoms with Crippen LogP contribution in [0.4, 0.5) is 0 Å². The molecule has 2 rings (SSSR count). The lowest BCUT2D eigenvalue weighted by Crippen LogP contribution is -2.36. The predicted octanol–water partition coefficient (Wildman–Crippen LogP) is 3.51. The molecule has 5 nitrogen and oxygen atoms in total. The molecule has 0 saturated carbocycles. The third-order valence-corrected chi connectivity index (χ3v) is 5.36. The summed E-state index contributed by atoms with van der Waals surface area (Å²) in [5, 5.41) is 28.8. The van der Waals surface area contributed by atoms with Crippen molar-refractivity contribution in [2.45, 2.75) is 45.7 Å². The topological polar surface area (TPSA) is 67.2 Å². The van der Waals surface area contributed by atoms with Gasteiger partial charge in [0, 0.05) is 38.3 Å². The molecule has 0 heterocycles. The van der Waals surface area contributed by atoms with Crippen LogP contribution in [0, 0.1) is 6.92 Å². The van der Waals surface area contributed by atoms with Gasteiger partial charge >= 0.3 is 0 Å². The van der Waals surface area contributed by atoms with E-state index < -0.39 is 0 Å². The molecule has 160 valence electrons. The first kappa shape index (κ1) is 23.4. The van der Waals surface area contributed by atoms with E-state index in [0.29, 0.717) is 6.54 Å². The van der Waals surface area contributed by atoms with Crippen molar-refractivity contribution in [3.05, 3.63) is 65.2 Å². The molecule has 0 amide bonds. The van der Waals surface area contributed by atoms with Gasteiger partial charge in [-0.15, -0.1) is 0 Å². The van der Waals surface area contributed by atoms with E-state index >= 15 is 0 Å². The van der Waals surface area contributed by atoms with E-state index in [9.17, 15) is 10.2 Å². The van der Waals surface area contributed by atoms with E-state index in [1.165, 1.54) is 11.1 Å². The van der Waals surface area contributed by atoms with E-state index in [0.717, 1.165) is 57.4 Å². The average Bonchev–Trinajstić information content (AvgIpc) is 2.73. The molecule has 0 aliphatic heterocycles. The van der Waals surface area contributed by atoms with Crippen LogP contribution < -0.4 is 0 Å². The molecule has 0 aromatic heterocycles. The lowest BCUT2D eigenvalue weighted by atomic mass is 10.1. The third kappa shape index (κ3) is 8.54. The molecule has 0 saturated heterocycles. The Bertz CT molecular complexity index is 708. The zero-order chi connectivity index (χ0) is 20.9. The van der Waals surface area contributed by atoms with E-state index in [2.05, 4.69) is 36.1 Å². The maximum atomic E-state index is 10.0. The second kappa shape index (κ2) is 13.3.